The summed E-state index contributed by atoms with van der Waals surface area (Å²) in [5, 5.41) is 11.4. The minimum absolute atomic E-state index is 0.231. The van der Waals surface area contributed by atoms with Crippen LogP contribution >= 0.6 is 11.6 Å². The molecule has 2 aromatic heterocycles. The van der Waals surface area contributed by atoms with Crippen molar-refractivity contribution >= 4 is 50.4 Å². The van der Waals surface area contributed by atoms with Gasteiger partial charge in [0.15, 0.2) is 0 Å². The molecule has 0 saturated carbocycles. The van der Waals surface area contributed by atoms with Crippen LogP contribution in [-0.4, -0.2) is 21.0 Å². The van der Waals surface area contributed by atoms with Crippen LogP contribution in [0.4, 0.5) is 0 Å². The summed E-state index contributed by atoms with van der Waals surface area (Å²) in [5.41, 5.74) is 3.26. The number of carbonyl (C=O) groups is 1. The van der Waals surface area contributed by atoms with Crippen LogP contribution in [0.5, 0.6) is 0 Å². The van der Waals surface area contributed by atoms with Crippen LogP contribution in [0, 0.1) is 0 Å². The summed E-state index contributed by atoms with van der Waals surface area (Å²) in [7, 11) is 0. The Morgan fingerprint density at radius 2 is 1.95 bits per heavy atom. The number of carboxylic acid groups (broad SMARTS) is 1. The minimum Gasteiger partial charge on any atom is -0.478 e. The van der Waals surface area contributed by atoms with Gasteiger partial charge in [-0.1, -0.05) is 29.8 Å². The molecule has 0 saturated heterocycles. The molecule has 0 spiro atoms. The zero-order valence-corrected chi connectivity index (χ0v) is 11.5. The molecular formula is C16H9ClN2O2. The van der Waals surface area contributed by atoms with Gasteiger partial charge in [-0.3, -0.25) is 0 Å². The molecule has 0 bridgehead atoms. The summed E-state index contributed by atoms with van der Waals surface area (Å²) < 4.78 is 0. The Balaban J connectivity index is 2.21. The summed E-state index contributed by atoms with van der Waals surface area (Å²) in [6.45, 7) is 0. The van der Waals surface area contributed by atoms with Gasteiger partial charge in [0.2, 0.25) is 0 Å². The van der Waals surface area contributed by atoms with Crippen LogP contribution in [-0.2, 0) is 0 Å². The Morgan fingerprint density at radius 1 is 1.14 bits per heavy atom. The van der Waals surface area contributed by atoms with Crippen molar-refractivity contribution in [2.75, 3.05) is 0 Å². The Morgan fingerprint density at radius 3 is 2.76 bits per heavy atom. The summed E-state index contributed by atoms with van der Waals surface area (Å²) >= 11 is 6.46. The number of pyridine rings is 1. The van der Waals surface area contributed by atoms with E-state index in [2.05, 4.69) is 9.97 Å². The van der Waals surface area contributed by atoms with Gasteiger partial charge in [0.1, 0.15) is 0 Å². The molecule has 102 valence electrons. The number of para-hydroxylation sites is 1. The van der Waals surface area contributed by atoms with E-state index in [-0.39, 0.29) is 5.56 Å². The maximum absolute atomic E-state index is 11.1. The second-order valence-corrected chi connectivity index (χ2v) is 5.24. The molecular weight excluding hydrogens is 288 g/mol. The number of fused-ring (bicyclic) bond motifs is 4. The van der Waals surface area contributed by atoms with E-state index < -0.39 is 5.97 Å². The lowest BCUT2D eigenvalue weighted by molar-refractivity contribution is 0.0697. The number of halogens is 1. The fraction of sp³-hybridized carbons (Fsp3) is 0. The van der Waals surface area contributed by atoms with Crippen LogP contribution < -0.4 is 0 Å². The van der Waals surface area contributed by atoms with Crippen molar-refractivity contribution in [3.8, 4) is 0 Å². The minimum atomic E-state index is -0.960. The van der Waals surface area contributed by atoms with Crippen molar-refractivity contribution in [2.45, 2.75) is 0 Å². The number of rotatable bonds is 1. The lowest BCUT2D eigenvalue weighted by atomic mass is 10.1. The highest BCUT2D eigenvalue weighted by Gasteiger charge is 2.14. The third-order valence-electron chi connectivity index (χ3n) is 3.61. The van der Waals surface area contributed by atoms with Gasteiger partial charge in [0, 0.05) is 16.3 Å². The average Bonchev–Trinajstić information content (AvgIpc) is 2.86. The van der Waals surface area contributed by atoms with Crippen molar-refractivity contribution < 1.29 is 9.90 Å². The van der Waals surface area contributed by atoms with Crippen LogP contribution in [0.1, 0.15) is 10.4 Å². The van der Waals surface area contributed by atoms with Gasteiger partial charge in [0.05, 0.1) is 27.1 Å². The largest absolute Gasteiger partial charge is 0.478 e. The maximum Gasteiger partial charge on any atom is 0.335 e. The average molecular weight is 297 g/mol. The van der Waals surface area contributed by atoms with Crippen LogP contribution in [0.25, 0.3) is 32.8 Å². The number of aromatic amines is 1. The smallest absolute Gasteiger partial charge is 0.335 e. The molecule has 2 aromatic carbocycles. The predicted molar refractivity (Wildman–Crippen MR) is 83.1 cm³/mol. The molecule has 0 aliphatic heterocycles. The van der Waals surface area contributed by atoms with Gasteiger partial charge < -0.3 is 10.1 Å². The Bertz CT molecular complexity index is 1040. The van der Waals surface area contributed by atoms with E-state index in [0.29, 0.717) is 10.5 Å². The quantitative estimate of drug-likeness (QED) is 0.552. The first-order valence-electron chi connectivity index (χ1n) is 6.38. The first kappa shape index (κ1) is 12.2. The van der Waals surface area contributed by atoms with Crippen LogP contribution in [0.2, 0.25) is 5.02 Å². The van der Waals surface area contributed by atoms with Gasteiger partial charge in [-0.15, -0.1) is 0 Å². The zero-order valence-electron chi connectivity index (χ0n) is 10.7. The number of aromatic carboxylic acids is 1. The molecule has 21 heavy (non-hydrogen) atoms. The first-order valence-corrected chi connectivity index (χ1v) is 6.76. The molecule has 0 atom stereocenters. The molecule has 0 amide bonds. The highest BCUT2D eigenvalue weighted by atomic mass is 35.5. The molecule has 4 aromatic rings. The summed E-state index contributed by atoms with van der Waals surface area (Å²) in [4.78, 5) is 19.0. The topological polar surface area (TPSA) is 66.0 Å². The monoisotopic (exact) mass is 296 g/mol. The van der Waals surface area contributed by atoms with Gasteiger partial charge >= 0.3 is 5.97 Å². The third-order valence-corrected chi connectivity index (χ3v) is 4.00. The van der Waals surface area contributed by atoms with E-state index in [1.807, 2.05) is 24.3 Å². The zero-order chi connectivity index (χ0) is 14.6. The van der Waals surface area contributed by atoms with Gasteiger partial charge in [-0.25, -0.2) is 9.78 Å². The maximum atomic E-state index is 11.1. The van der Waals surface area contributed by atoms with Gasteiger partial charge in [0.25, 0.3) is 0 Å². The van der Waals surface area contributed by atoms with Crippen molar-refractivity contribution in [1.82, 2.24) is 9.97 Å². The van der Waals surface area contributed by atoms with Crippen molar-refractivity contribution in [1.29, 1.82) is 0 Å². The number of H-pyrrole nitrogens is 1. The number of nitrogens with one attached hydrogen (secondary N) is 1. The molecule has 4 nitrogen and oxygen atoms in total. The fourth-order valence-corrected chi connectivity index (χ4v) is 2.89. The predicted octanol–water partition coefficient (Wildman–Crippen LogP) is 4.22. The highest BCUT2D eigenvalue weighted by Crippen LogP contribution is 2.34. The van der Waals surface area contributed by atoms with Crippen LogP contribution in [0.15, 0.2) is 42.5 Å². The Labute approximate surface area is 124 Å². The SMILES string of the molecule is O=C(O)c1ccc2[nH]c3c(Cl)c4ccccc4nc3c2c1. The number of carboxylic acids is 1. The molecule has 2 heterocycles. The van der Waals surface area contributed by atoms with Crippen molar-refractivity contribution in [3.63, 3.8) is 0 Å². The Hall–Kier alpha value is -2.59. The van der Waals surface area contributed by atoms with Gasteiger partial charge in [-0.2, -0.15) is 0 Å². The number of benzene rings is 2. The van der Waals surface area contributed by atoms with E-state index in [9.17, 15) is 4.79 Å². The standard InChI is InChI=1S/C16H9ClN2O2/c17-13-9-3-1-2-4-11(9)18-14-10-7-8(16(20)21)5-6-12(10)19-15(13)14/h1-7,19H,(H,20,21). The molecule has 2 N–H and O–H groups in total. The molecule has 0 radical (unpaired) electrons. The number of hydrogen-bond acceptors (Lipinski definition) is 2. The molecule has 0 fully saturated rings. The van der Waals surface area contributed by atoms with Crippen LogP contribution in [0.3, 0.4) is 0 Å². The normalized spacial score (nSPS) is 11.5. The second-order valence-electron chi connectivity index (χ2n) is 4.86. The summed E-state index contributed by atoms with van der Waals surface area (Å²) in [5.74, 6) is -0.960. The number of aromatic nitrogens is 2. The third kappa shape index (κ3) is 1.69. The molecule has 5 heteroatoms. The number of nitrogens with zero attached hydrogens (tertiary/aromatic N) is 1. The van der Waals surface area contributed by atoms with E-state index in [1.165, 1.54) is 0 Å². The molecule has 0 aliphatic rings. The highest BCUT2D eigenvalue weighted by molar-refractivity contribution is 6.40. The van der Waals surface area contributed by atoms with E-state index in [4.69, 9.17) is 16.7 Å². The van der Waals surface area contributed by atoms with E-state index in [0.717, 1.165) is 27.3 Å². The van der Waals surface area contributed by atoms with E-state index >= 15 is 0 Å². The first-order chi connectivity index (χ1) is 10.1. The van der Waals surface area contributed by atoms with Crippen molar-refractivity contribution in [3.05, 3.63) is 53.1 Å². The Kier molecular flexibility index (Phi) is 2.43. The summed E-state index contributed by atoms with van der Waals surface area (Å²) in [6.07, 6.45) is 0. The second kappa shape index (κ2) is 4.20. The van der Waals surface area contributed by atoms with E-state index in [1.54, 1.807) is 18.2 Å². The molecule has 4 rings (SSSR count). The molecule has 0 aliphatic carbocycles. The number of hydrogen-bond donors (Lipinski definition) is 2. The fourth-order valence-electron chi connectivity index (χ4n) is 2.60. The van der Waals surface area contributed by atoms with Gasteiger partial charge in [-0.05, 0) is 24.3 Å². The lowest BCUT2D eigenvalue weighted by Crippen LogP contribution is -1.94. The molecule has 0 unspecified atom stereocenters. The van der Waals surface area contributed by atoms with Crippen molar-refractivity contribution in [2.24, 2.45) is 0 Å². The lowest BCUT2D eigenvalue weighted by Gasteiger charge is -2.01. The summed E-state index contributed by atoms with van der Waals surface area (Å²) in [6, 6.07) is 12.5.